The molecule has 0 saturated heterocycles. The van der Waals surface area contributed by atoms with Crippen LogP contribution in [0.4, 0.5) is 0 Å². The summed E-state index contributed by atoms with van der Waals surface area (Å²) >= 11 is 0. The number of methoxy groups -OCH3 is 2. The van der Waals surface area contributed by atoms with Gasteiger partial charge in [-0.05, 0) is 32.4 Å². The number of esters is 1. The van der Waals surface area contributed by atoms with Crippen molar-refractivity contribution >= 4 is 11.9 Å². The van der Waals surface area contributed by atoms with Crippen molar-refractivity contribution in [2.24, 2.45) is 0 Å². The molecule has 2 aromatic rings. The topological polar surface area (TPSA) is 65.1 Å². The lowest BCUT2D eigenvalue weighted by Crippen LogP contribution is -2.38. The van der Waals surface area contributed by atoms with E-state index in [9.17, 15) is 9.59 Å². The van der Waals surface area contributed by atoms with Gasteiger partial charge in [-0.3, -0.25) is 4.79 Å². The van der Waals surface area contributed by atoms with E-state index >= 15 is 0 Å². The van der Waals surface area contributed by atoms with Crippen LogP contribution in [0.15, 0.2) is 59.8 Å². The zero-order chi connectivity index (χ0) is 22.5. The fourth-order valence-electron chi connectivity index (χ4n) is 3.96. The van der Waals surface area contributed by atoms with E-state index in [4.69, 9.17) is 14.2 Å². The molecule has 31 heavy (non-hydrogen) atoms. The van der Waals surface area contributed by atoms with E-state index in [-0.39, 0.29) is 18.4 Å². The van der Waals surface area contributed by atoms with Crippen LogP contribution >= 0.6 is 0 Å². The van der Waals surface area contributed by atoms with Crippen LogP contribution in [0, 0.1) is 0 Å². The van der Waals surface area contributed by atoms with Gasteiger partial charge >= 0.3 is 5.97 Å². The Bertz CT molecular complexity index is 981. The predicted molar refractivity (Wildman–Crippen MR) is 118 cm³/mol. The Hall–Kier alpha value is -3.28. The third-order valence-corrected chi connectivity index (χ3v) is 5.38. The lowest BCUT2D eigenvalue weighted by atomic mass is 9.83. The molecule has 164 valence electrons. The van der Waals surface area contributed by atoms with Crippen molar-refractivity contribution in [3.05, 3.63) is 70.9 Å². The molecule has 0 spiro atoms. The molecule has 0 fully saturated rings. The minimum absolute atomic E-state index is 0.0580. The van der Waals surface area contributed by atoms with Crippen LogP contribution in [0.2, 0.25) is 0 Å². The minimum atomic E-state index is -0.490. The number of para-hydroxylation sites is 1. The molecule has 1 unspecified atom stereocenters. The first-order chi connectivity index (χ1) is 14.9. The van der Waals surface area contributed by atoms with E-state index in [0.717, 1.165) is 11.1 Å². The number of rotatable bonds is 7. The predicted octanol–water partition coefficient (Wildman–Crippen LogP) is 4.45. The van der Waals surface area contributed by atoms with Gasteiger partial charge < -0.3 is 19.1 Å². The first-order valence-corrected chi connectivity index (χ1v) is 10.3. The van der Waals surface area contributed by atoms with Gasteiger partial charge in [-0.2, -0.15) is 0 Å². The number of ether oxygens (including phenoxy) is 3. The zero-order valence-corrected chi connectivity index (χ0v) is 18.7. The highest BCUT2D eigenvalue weighted by atomic mass is 16.5. The third-order valence-electron chi connectivity index (χ3n) is 5.38. The largest absolute Gasteiger partial charge is 0.493 e. The molecule has 0 saturated carbocycles. The molecule has 6 nitrogen and oxygen atoms in total. The fourth-order valence-corrected chi connectivity index (χ4v) is 3.96. The van der Waals surface area contributed by atoms with E-state index in [1.54, 1.807) is 32.1 Å². The molecule has 1 aliphatic rings. The highest BCUT2D eigenvalue weighted by molar-refractivity contribution is 5.96. The maximum Gasteiger partial charge on any atom is 0.336 e. The second kappa shape index (κ2) is 9.69. The second-order valence-electron chi connectivity index (χ2n) is 7.76. The molecule has 0 aliphatic carbocycles. The third kappa shape index (κ3) is 4.74. The van der Waals surface area contributed by atoms with Gasteiger partial charge in [-0.25, -0.2) is 4.79 Å². The van der Waals surface area contributed by atoms with Gasteiger partial charge in [0.25, 0.3) is 0 Å². The number of hydrogen-bond donors (Lipinski definition) is 0. The Kier molecular flexibility index (Phi) is 7.00. The van der Waals surface area contributed by atoms with Gasteiger partial charge in [0.15, 0.2) is 11.5 Å². The monoisotopic (exact) mass is 423 g/mol. The van der Waals surface area contributed by atoms with Gasteiger partial charge in [-0.15, -0.1) is 0 Å². The quantitative estimate of drug-likeness (QED) is 0.616. The summed E-state index contributed by atoms with van der Waals surface area (Å²) in [6.07, 6.45) is -0.142. The molecule has 1 aliphatic heterocycles. The standard InChI is InChI=1S/C25H29NO5/c1-16(2)31-25(28)23-17(3)26(15-18-10-7-6-8-11-18)22(27)14-20(23)19-12-9-13-21(29-4)24(19)30-5/h6-13,16,20H,14-15H2,1-5H3. The van der Waals surface area contributed by atoms with Crippen LogP contribution in [-0.2, 0) is 20.9 Å². The molecule has 0 radical (unpaired) electrons. The SMILES string of the molecule is COc1cccc(C2CC(=O)N(Cc3ccccc3)C(C)=C2C(=O)OC(C)C)c1OC. The zero-order valence-electron chi connectivity index (χ0n) is 18.7. The lowest BCUT2D eigenvalue weighted by Gasteiger charge is -2.35. The number of carbonyl (C=O) groups is 2. The molecule has 0 bridgehead atoms. The first kappa shape index (κ1) is 22.4. The number of benzene rings is 2. The maximum atomic E-state index is 13.2. The first-order valence-electron chi connectivity index (χ1n) is 10.3. The van der Waals surface area contributed by atoms with Crippen LogP contribution in [-0.4, -0.2) is 37.1 Å². The summed E-state index contributed by atoms with van der Waals surface area (Å²) in [7, 11) is 3.11. The van der Waals surface area contributed by atoms with E-state index in [1.165, 1.54) is 0 Å². The summed E-state index contributed by atoms with van der Waals surface area (Å²) in [6.45, 7) is 5.82. The summed E-state index contributed by atoms with van der Waals surface area (Å²) in [4.78, 5) is 28.0. The molecular weight excluding hydrogens is 394 g/mol. The van der Waals surface area contributed by atoms with Gasteiger partial charge in [0.05, 0.1) is 32.4 Å². The van der Waals surface area contributed by atoms with Crippen LogP contribution in [0.25, 0.3) is 0 Å². The molecule has 6 heteroatoms. The van der Waals surface area contributed by atoms with Crippen LogP contribution in [0.3, 0.4) is 0 Å². The summed E-state index contributed by atoms with van der Waals surface area (Å²) < 4.78 is 16.6. The minimum Gasteiger partial charge on any atom is -0.493 e. The van der Waals surface area contributed by atoms with Crippen molar-refractivity contribution in [1.82, 2.24) is 4.90 Å². The van der Waals surface area contributed by atoms with Crippen LogP contribution < -0.4 is 9.47 Å². The summed E-state index contributed by atoms with van der Waals surface area (Å²) in [5.41, 5.74) is 2.78. The molecular formula is C25H29NO5. The second-order valence-corrected chi connectivity index (χ2v) is 7.76. The average molecular weight is 424 g/mol. The molecule has 3 rings (SSSR count). The van der Waals surface area contributed by atoms with Gasteiger partial charge in [0, 0.05) is 23.6 Å². The van der Waals surface area contributed by atoms with Gasteiger partial charge in [-0.1, -0.05) is 42.5 Å². The number of hydrogen-bond acceptors (Lipinski definition) is 5. The number of amides is 1. The normalized spacial score (nSPS) is 16.5. The Morgan fingerprint density at radius 3 is 2.39 bits per heavy atom. The highest BCUT2D eigenvalue weighted by Crippen LogP contribution is 2.44. The molecule has 2 aromatic carbocycles. The van der Waals surface area contributed by atoms with E-state index in [1.807, 2.05) is 56.3 Å². The molecule has 1 heterocycles. The summed E-state index contributed by atoms with van der Waals surface area (Å²) in [6, 6.07) is 15.2. The Morgan fingerprint density at radius 1 is 1.06 bits per heavy atom. The summed E-state index contributed by atoms with van der Waals surface area (Å²) in [5, 5.41) is 0. The number of nitrogens with zero attached hydrogens (tertiary/aromatic N) is 1. The van der Waals surface area contributed by atoms with Gasteiger partial charge in [0.2, 0.25) is 5.91 Å². The van der Waals surface area contributed by atoms with Gasteiger partial charge in [0.1, 0.15) is 0 Å². The molecule has 1 amide bonds. The Balaban J connectivity index is 2.11. The van der Waals surface area contributed by atoms with Crippen molar-refractivity contribution in [2.45, 2.75) is 45.8 Å². The lowest BCUT2D eigenvalue weighted by molar-refractivity contribution is -0.143. The Labute approximate surface area is 183 Å². The Morgan fingerprint density at radius 2 is 1.77 bits per heavy atom. The van der Waals surface area contributed by atoms with Crippen molar-refractivity contribution in [3.63, 3.8) is 0 Å². The smallest absolute Gasteiger partial charge is 0.336 e. The number of allylic oxidation sites excluding steroid dienone is 1. The highest BCUT2D eigenvalue weighted by Gasteiger charge is 2.38. The fraction of sp³-hybridized carbons (Fsp3) is 0.360. The maximum absolute atomic E-state index is 13.2. The van der Waals surface area contributed by atoms with Crippen molar-refractivity contribution in [3.8, 4) is 11.5 Å². The van der Waals surface area contributed by atoms with Crippen molar-refractivity contribution in [1.29, 1.82) is 0 Å². The van der Waals surface area contributed by atoms with Crippen molar-refractivity contribution < 1.29 is 23.8 Å². The van der Waals surface area contributed by atoms with Crippen LogP contribution in [0.5, 0.6) is 11.5 Å². The van der Waals surface area contributed by atoms with E-state index in [2.05, 4.69) is 0 Å². The molecule has 0 aromatic heterocycles. The molecule has 0 N–H and O–H groups in total. The van der Waals surface area contributed by atoms with E-state index < -0.39 is 11.9 Å². The van der Waals surface area contributed by atoms with E-state index in [0.29, 0.717) is 29.3 Å². The summed E-state index contributed by atoms with van der Waals surface area (Å²) in [5.74, 6) is 0.0939. The number of carbonyl (C=O) groups excluding carboxylic acids is 2. The molecule has 1 atom stereocenters. The van der Waals surface area contributed by atoms with Crippen LogP contribution in [0.1, 0.15) is 44.2 Å². The van der Waals surface area contributed by atoms with Crippen molar-refractivity contribution in [2.75, 3.05) is 14.2 Å². The average Bonchev–Trinajstić information content (AvgIpc) is 2.75.